The van der Waals surface area contributed by atoms with E-state index < -0.39 is 0 Å². The van der Waals surface area contributed by atoms with Crippen LogP contribution in [0.15, 0.2) is 36.4 Å². The molecule has 1 saturated carbocycles. The number of nitrogens with one attached hydrogen (secondary N) is 3. The summed E-state index contributed by atoms with van der Waals surface area (Å²) < 4.78 is 0. The summed E-state index contributed by atoms with van der Waals surface area (Å²) in [5, 5.41) is 16.1. The maximum Gasteiger partial charge on any atom is 0.185 e. The van der Waals surface area contributed by atoms with Crippen molar-refractivity contribution in [3.63, 3.8) is 0 Å². The Labute approximate surface area is 193 Å². The normalized spacial score (nSPS) is 18.7. The van der Waals surface area contributed by atoms with Gasteiger partial charge in [0.2, 0.25) is 0 Å². The van der Waals surface area contributed by atoms with Crippen LogP contribution in [0, 0.1) is 19.3 Å². The molecule has 1 aromatic heterocycles. The number of benzene rings is 2. The first-order valence-corrected chi connectivity index (χ1v) is 11.4. The molecule has 6 nitrogen and oxygen atoms in total. The fourth-order valence-electron chi connectivity index (χ4n) is 4.19. The molecule has 2 unspecified atom stereocenters. The second-order valence-corrected chi connectivity index (χ2v) is 8.91. The average molecular weight is 449 g/mol. The molecule has 2 atom stereocenters. The van der Waals surface area contributed by atoms with Gasteiger partial charge in [0.25, 0.3) is 0 Å². The lowest BCUT2D eigenvalue weighted by molar-refractivity contribution is 0.377. The van der Waals surface area contributed by atoms with Crippen molar-refractivity contribution >= 4 is 46.4 Å². The number of aryl methyl sites for hydroxylation is 2. The van der Waals surface area contributed by atoms with Crippen molar-refractivity contribution in [1.82, 2.24) is 15.3 Å². The van der Waals surface area contributed by atoms with Gasteiger partial charge in [-0.05, 0) is 73.7 Å². The van der Waals surface area contributed by atoms with E-state index in [1.54, 1.807) is 0 Å². The fourth-order valence-corrected chi connectivity index (χ4v) is 4.31. The molecule has 5 N–H and O–H groups in total. The highest BCUT2D eigenvalue weighted by atomic mass is 35.5. The van der Waals surface area contributed by atoms with E-state index in [4.69, 9.17) is 32.7 Å². The highest BCUT2D eigenvalue weighted by molar-refractivity contribution is 6.30. The van der Waals surface area contributed by atoms with Crippen LogP contribution >= 0.6 is 11.6 Å². The number of guanidine groups is 1. The Hall–Kier alpha value is -3.12. The molecular formula is C25H29ClN6. The number of aromatic nitrogens is 2. The number of hydrogen-bond donors (Lipinski definition) is 4. The summed E-state index contributed by atoms with van der Waals surface area (Å²) in [7, 11) is 0. The minimum absolute atomic E-state index is 0.00861. The number of nitrogens with zero attached hydrogens (tertiary/aromatic N) is 2. The van der Waals surface area contributed by atoms with Gasteiger partial charge in [0, 0.05) is 22.5 Å². The lowest BCUT2D eigenvalue weighted by Crippen LogP contribution is -2.50. The van der Waals surface area contributed by atoms with Crippen molar-refractivity contribution < 1.29 is 0 Å². The summed E-state index contributed by atoms with van der Waals surface area (Å²) in [5.74, 6) is 1.47. The third-order valence-electron chi connectivity index (χ3n) is 6.05. The van der Waals surface area contributed by atoms with Gasteiger partial charge in [0.1, 0.15) is 5.82 Å². The van der Waals surface area contributed by atoms with E-state index in [0.29, 0.717) is 10.8 Å². The summed E-state index contributed by atoms with van der Waals surface area (Å²) in [4.78, 5) is 9.66. The van der Waals surface area contributed by atoms with E-state index in [1.807, 2.05) is 36.4 Å². The lowest BCUT2D eigenvalue weighted by atomic mass is 9.90. The SMILES string of the molecule is Cc1cc2nc(/C=C/c3ccc(Cl)cc3)nc(NC3CCCCC3NC(=N)N)c2cc1C. The first kappa shape index (κ1) is 22.1. The van der Waals surface area contributed by atoms with E-state index in [-0.39, 0.29) is 18.0 Å². The Kier molecular flexibility index (Phi) is 6.61. The zero-order valence-corrected chi connectivity index (χ0v) is 19.2. The van der Waals surface area contributed by atoms with E-state index >= 15 is 0 Å². The van der Waals surface area contributed by atoms with Crippen molar-refractivity contribution in [3.8, 4) is 0 Å². The van der Waals surface area contributed by atoms with Gasteiger partial charge in [-0.15, -0.1) is 0 Å². The average Bonchev–Trinajstić information content (AvgIpc) is 2.75. The number of rotatable bonds is 5. The first-order chi connectivity index (χ1) is 15.4. The monoisotopic (exact) mass is 448 g/mol. The fraction of sp³-hybridized carbons (Fsp3) is 0.320. The molecule has 4 rings (SSSR count). The van der Waals surface area contributed by atoms with Crippen molar-refractivity contribution in [2.45, 2.75) is 51.6 Å². The Morgan fingerprint density at radius 3 is 2.44 bits per heavy atom. The molecule has 0 spiro atoms. The molecule has 2 aromatic carbocycles. The Morgan fingerprint density at radius 2 is 1.72 bits per heavy atom. The molecule has 7 heteroatoms. The van der Waals surface area contributed by atoms with Crippen LogP contribution in [-0.4, -0.2) is 28.0 Å². The third-order valence-corrected chi connectivity index (χ3v) is 6.30. The standard InChI is InChI=1S/C25H29ClN6/c1-15-13-19-22(14-16(15)2)29-23(12-9-17-7-10-18(26)11-8-17)32-24(19)30-20-5-3-4-6-21(20)31-25(27)28/h7-14,20-21H,3-6H2,1-2H3,(H4,27,28,31)(H,29,30,32)/b12-9+. The second-order valence-electron chi connectivity index (χ2n) is 8.47. The minimum Gasteiger partial charge on any atom is -0.370 e. The summed E-state index contributed by atoms with van der Waals surface area (Å²) in [6.45, 7) is 4.20. The molecule has 3 aromatic rings. The zero-order valence-electron chi connectivity index (χ0n) is 18.5. The summed E-state index contributed by atoms with van der Waals surface area (Å²) in [6, 6.07) is 12.2. The van der Waals surface area contributed by atoms with E-state index in [2.05, 4.69) is 36.6 Å². The van der Waals surface area contributed by atoms with Crippen LogP contribution in [0.2, 0.25) is 5.02 Å². The molecule has 0 bridgehead atoms. The molecule has 0 radical (unpaired) electrons. The van der Waals surface area contributed by atoms with Crippen molar-refractivity contribution in [2.24, 2.45) is 5.73 Å². The Balaban J connectivity index is 1.71. The highest BCUT2D eigenvalue weighted by Gasteiger charge is 2.26. The summed E-state index contributed by atoms with van der Waals surface area (Å²) in [6.07, 6.45) is 8.15. The van der Waals surface area contributed by atoms with Crippen LogP contribution < -0.4 is 16.4 Å². The van der Waals surface area contributed by atoms with Gasteiger partial charge in [0.05, 0.1) is 5.52 Å². The van der Waals surface area contributed by atoms with Gasteiger partial charge in [-0.25, -0.2) is 9.97 Å². The third kappa shape index (κ3) is 5.19. The van der Waals surface area contributed by atoms with Gasteiger partial charge in [0.15, 0.2) is 11.8 Å². The van der Waals surface area contributed by atoms with Crippen LogP contribution in [0.3, 0.4) is 0 Å². The molecular weight excluding hydrogens is 420 g/mol. The number of fused-ring (bicyclic) bond motifs is 1. The predicted octanol–water partition coefficient (Wildman–Crippen LogP) is 5.28. The van der Waals surface area contributed by atoms with Gasteiger partial charge in [-0.1, -0.05) is 42.7 Å². The van der Waals surface area contributed by atoms with Gasteiger partial charge < -0.3 is 16.4 Å². The Morgan fingerprint density at radius 1 is 1.03 bits per heavy atom. The van der Waals surface area contributed by atoms with Crippen LogP contribution in [0.1, 0.15) is 48.2 Å². The Bertz CT molecular complexity index is 1160. The molecule has 32 heavy (non-hydrogen) atoms. The lowest BCUT2D eigenvalue weighted by Gasteiger charge is -2.33. The molecule has 1 heterocycles. The summed E-state index contributed by atoms with van der Waals surface area (Å²) in [5.41, 5.74) is 9.98. The van der Waals surface area contributed by atoms with Crippen LogP contribution in [-0.2, 0) is 0 Å². The van der Waals surface area contributed by atoms with E-state index in [9.17, 15) is 0 Å². The molecule has 1 aliphatic carbocycles. The molecule has 0 amide bonds. The van der Waals surface area contributed by atoms with Crippen molar-refractivity contribution in [3.05, 3.63) is 63.9 Å². The molecule has 0 saturated heterocycles. The number of anilines is 1. The first-order valence-electron chi connectivity index (χ1n) is 11.0. The zero-order chi connectivity index (χ0) is 22.7. The van der Waals surface area contributed by atoms with Gasteiger partial charge in [-0.3, -0.25) is 5.41 Å². The van der Waals surface area contributed by atoms with E-state index in [0.717, 1.165) is 48.0 Å². The predicted molar refractivity (Wildman–Crippen MR) is 134 cm³/mol. The number of nitrogens with two attached hydrogens (primary N) is 1. The van der Waals surface area contributed by atoms with Gasteiger partial charge in [-0.2, -0.15) is 0 Å². The largest absolute Gasteiger partial charge is 0.370 e. The number of hydrogen-bond acceptors (Lipinski definition) is 4. The number of halogens is 1. The molecule has 0 aliphatic heterocycles. The topological polar surface area (TPSA) is 99.7 Å². The second kappa shape index (κ2) is 9.57. The van der Waals surface area contributed by atoms with Crippen molar-refractivity contribution in [2.75, 3.05) is 5.32 Å². The quantitative estimate of drug-likeness (QED) is 0.314. The molecule has 1 aliphatic rings. The maximum atomic E-state index is 7.66. The van der Waals surface area contributed by atoms with Gasteiger partial charge >= 0.3 is 0 Å². The highest BCUT2D eigenvalue weighted by Crippen LogP contribution is 2.28. The smallest absolute Gasteiger partial charge is 0.185 e. The molecule has 166 valence electrons. The summed E-state index contributed by atoms with van der Waals surface area (Å²) >= 11 is 6.00. The van der Waals surface area contributed by atoms with Crippen LogP contribution in [0.5, 0.6) is 0 Å². The maximum absolute atomic E-state index is 7.66. The van der Waals surface area contributed by atoms with E-state index in [1.165, 1.54) is 11.1 Å². The molecule has 1 fully saturated rings. The van der Waals surface area contributed by atoms with Crippen LogP contribution in [0.25, 0.3) is 23.1 Å². The minimum atomic E-state index is 0.00861. The van der Waals surface area contributed by atoms with Crippen LogP contribution in [0.4, 0.5) is 5.82 Å². The van der Waals surface area contributed by atoms with Crippen molar-refractivity contribution in [1.29, 1.82) is 5.41 Å².